The second-order valence-electron chi connectivity index (χ2n) is 3.37. The van der Waals surface area contributed by atoms with Crippen molar-refractivity contribution in [3.05, 3.63) is 48.3 Å². The van der Waals surface area contributed by atoms with Gasteiger partial charge in [0.15, 0.2) is 0 Å². The Kier molecular flexibility index (Phi) is 2.54. The fourth-order valence-electron chi connectivity index (χ4n) is 1.23. The van der Waals surface area contributed by atoms with Gasteiger partial charge >= 0.3 is 0 Å². The van der Waals surface area contributed by atoms with E-state index in [9.17, 15) is 0 Å². The first-order valence-corrected chi connectivity index (χ1v) is 4.69. The van der Waals surface area contributed by atoms with Crippen molar-refractivity contribution in [3.8, 4) is 11.5 Å². The van der Waals surface area contributed by atoms with E-state index < -0.39 is 0 Å². The molecule has 2 rings (SSSR count). The number of rotatable bonds is 2. The lowest BCUT2D eigenvalue weighted by Gasteiger charge is -2.05. The zero-order valence-corrected chi connectivity index (χ0v) is 8.47. The number of aryl methyl sites for hydroxylation is 1. The molecule has 2 N–H and O–H groups in total. The quantitative estimate of drug-likeness (QED) is 0.810. The summed E-state index contributed by atoms with van der Waals surface area (Å²) >= 11 is 0. The highest BCUT2D eigenvalue weighted by Crippen LogP contribution is 2.21. The number of benzene rings is 1. The standard InChI is InChI=1S/C12H12N2O/c1-9-2-4-11(5-3-9)15-12-6-10(13)7-14-8-12/h2-8H,13H2,1H3. The van der Waals surface area contributed by atoms with Gasteiger partial charge in [0, 0.05) is 6.07 Å². The summed E-state index contributed by atoms with van der Waals surface area (Å²) in [6.07, 6.45) is 3.22. The summed E-state index contributed by atoms with van der Waals surface area (Å²) in [6.45, 7) is 2.03. The number of hydrogen-bond donors (Lipinski definition) is 1. The van der Waals surface area contributed by atoms with Crippen molar-refractivity contribution in [2.24, 2.45) is 0 Å². The normalized spacial score (nSPS) is 9.93. The van der Waals surface area contributed by atoms with Crippen molar-refractivity contribution in [1.82, 2.24) is 4.98 Å². The van der Waals surface area contributed by atoms with Crippen LogP contribution in [0.25, 0.3) is 0 Å². The average molecular weight is 200 g/mol. The molecule has 76 valence electrons. The van der Waals surface area contributed by atoms with Crippen LogP contribution in [0.2, 0.25) is 0 Å². The third kappa shape index (κ3) is 2.47. The van der Waals surface area contributed by atoms with Gasteiger partial charge in [0.2, 0.25) is 0 Å². The van der Waals surface area contributed by atoms with Gasteiger partial charge in [-0.1, -0.05) is 17.7 Å². The molecule has 0 aliphatic rings. The van der Waals surface area contributed by atoms with E-state index in [2.05, 4.69) is 4.98 Å². The number of ether oxygens (including phenoxy) is 1. The largest absolute Gasteiger partial charge is 0.456 e. The summed E-state index contributed by atoms with van der Waals surface area (Å²) in [6, 6.07) is 9.56. The smallest absolute Gasteiger partial charge is 0.147 e. The monoisotopic (exact) mass is 200 g/mol. The van der Waals surface area contributed by atoms with Gasteiger partial charge in [-0.25, -0.2) is 0 Å². The van der Waals surface area contributed by atoms with Gasteiger partial charge in [0.05, 0.1) is 18.1 Å². The van der Waals surface area contributed by atoms with Gasteiger partial charge in [-0.15, -0.1) is 0 Å². The first-order valence-electron chi connectivity index (χ1n) is 4.69. The maximum Gasteiger partial charge on any atom is 0.147 e. The predicted molar refractivity (Wildman–Crippen MR) is 59.9 cm³/mol. The van der Waals surface area contributed by atoms with Gasteiger partial charge in [-0.3, -0.25) is 4.98 Å². The summed E-state index contributed by atoms with van der Waals surface area (Å²) in [5.74, 6) is 1.44. The topological polar surface area (TPSA) is 48.1 Å². The van der Waals surface area contributed by atoms with Crippen molar-refractivity contribution < 1.29 is 4.74 Å². The van der Waals surface area contributed by atoms with Crippen LogP contribution in [0.1, 0.15) is 5.56 Å². The molecule has 15 heavy (non-hydrogen) atoms. The number of pyridine rings is 1. The van der Waals surface area contributed by atoms with E-state index in [0.717, 1.165) is 5.75 Å². The molecule has 3 heteroatoms. The first-order chi connectivity index (χ1) is 7.24. The fourth-order valence-corrected chi connectivity index (χ4v) is 1.23. The van der Waals surface area contributed by atoms with Crippen molar-refractivity contribution >= 4 is 5.69 Å². The van der Waals surface area contributed by atoms with E-state index in [4.69, 9.17) is 10.5 Å². The zero-order valence-electron chi connectivity index (χ0n) is 8.47. The molecule has 1 aromatic carbocycles. The Morgan fingerprint density at radius 3 is 2.47 bits per heavy atom. The highest BCUT2D eigenvalue weighted by atomic mass is 16.5. The molecule has 0 radical (unpaired) electrons. The molecule has 1 heterocycles. The molecule has 0 amide bonds. The van der Waals surface area contributed by atoms with E-state index in [0.29, 0.717) is 11.4 Å². The Morgan fingerprint density at radius 2 is 1.80 bits per heavy atom. The molecule has 3 nitrogen and oxygen atoms in total. The van der Waals surface area contributed by atoms with Gasteiger partial charge < -0.3 is 10.5 Å². The third-order valence-electron chi connectivity index (χ3n) is 1.99. The molecular weight excluding hydrogens is 188 g/mol. The minimum Gasteiger partial charge on any atom is -0.456 e. The maximum atomic E-state index is 5.59. The number of aromatic nitrogens is 1. The van der Waals surface area contributed by atoms with E-state index in [1.54, 1.807) is 18.5 Å². The molecular formula is C12H12N2O. The van der Waals surface area contributed by atoms with Crippen LogP contribution in [0.4, 0.5) is 5.69 Å². The summed E-state index contributed by atoms with van der Waals surface area (Å²) in [7, 11) is 0. The second kappa shape index (κ2) is 4.00. The zero-order chi connectivity index (χ0) is 10.7. The average Bonchev–Trinajstić information content (AvgIpc) is 2.22. The Balaban J connectivity index is 2.18. The Morgan fingerprint density at radius 1 is 1.07 bits per heavy atom. The van der Waals surface area contributed by atoms with Crippen molar-refractivity contribution in [2.75, 3.05) is 5.73 Å². The maximum absolute atomic E-state index is 5.59. The number of nitrogens with zero attached hydrogens (tertiary/aromatic N) is 1. The van der Waals surface area contributed by atoms with Crippen molar-refractivity contribution in [1.29, 1.82) is 0 Å². The number of anilines is 1. The van der Waals surface area contributed by atoms with Crippen LogP contribution in [0.15, 0.2) is 42.7 Å². The lowest BCUT2D eigenvalue weighted by molar-refractivity contribution is 0.480. The highest BCUT2D eigenvalue weighted by Gasteiger charge is 1.97. The van der Waals surface area contributed by atoms with Crippen molar-refractivity contribution in [3.63, 3.8) is 0 Å². The van der Waals surface area contributed by atoms with E-state index in [1.165, 1.54) is 5.56 Å². The van der Waals surface area contributed by atoms with Crippen LogP contribution >= 0.6 is 0 Å². The van der Waals surface area contributed by atoms with Gasteiger partial charge in [-0.05, 0) is 19.1 Å². The van der Waals surface area contributed by atoms with Crippen LogP contribution in [-0.4, -0.2) is 4.98 Å². The first kappa shape index (κ1) is 9.52. The van der Waals surface area contributed by atoms with Crippen LogP contribution < -0.4 is 10.5 Å². The molecule has 0 saturated heterocycles. The summed E-state index contributed by atoms with van der Waals surface area (Å²) < 4.78 is 5.57. The molecule has 2 aromatic rings. The lowest BCUT2D eigenvalue weighted by Crippen LogP contribution is -1.89. The minimum absolute atomic E-state index is 0.597. The van der Waals surface area contributed by atoms with Crippen LogP contribution in [0.3, 0.4) is 0 Å². The molecule has 0 saturated carbocycles. The molecule has 0 unspecified atom stereocenters. The second-order valence-corrected chi connectivity index (χ2v) is 3.37. The molecule has 0 aliphatic heterocycles. The predicted octanol–water partition coefficient (Wildman–Crippen LogP) is 2.76. The van der Waals surface area contributed by atoms with Crippen LogP contribution in [0.5, 0.6) is 11.5 Å². The summed E-state index contributed by atoms with van der Waals surface area (Å²) in [4.78, 5) is 3.95. The Bertz CT molecular complexity index is 451. The Hall–Kier alpha value is -2.03. The van der Waals surface area contributed by atoms with Crippen LogP contribution in [0, 0.1) is 6.92 Å². The molecule has 0 fully saturated rings. The lowest BCUT2D eigenvalue weighted by atomic mass is 10.2. The molecule has 0 aliphatic carbocycles. The SMILES string of the molecule is Cc1ccc(Oc2cncc(N)c2)cc1. The molecule has 0 atom stereocenters. The Labute approximate surface area is 88.5 Å². The van der Waals surface area contributed by atoms with E-state index >= 15 is 0 Å². The molecule has 0 spiro atoms. The van der Waals surface area contributed by atoms with Gasteiger partial charge in [0.25, 0.3) is 0 Å². The van der Waals surface area contributed by atoms with Gasteiger partial charge in [0.1, 0.15) is 11.5 Å². The fraction of sp³-hybridized carbons (Fsp3) is 0.0833. The minimum atomic E-state index is 0.597. The number of hydrogen-bond acceptors (Lipinski definition) is 3. The number of nitrogens with two attached hydrogens (primary N) is 1. The molecule has 0 bridgehead atoms. The highest BCUT2D eigenvalue weighted by molar-refractivity contribution is 5.42. The van der Waals surface area contributed by atoms with Gasteiger partial charge in [-0.2, -0.15) is 0 Å². The van der Waals surface area contributed by atoms with E-state index in [1.807, 2.05) is 31.2 Å². The summed E-state index contributed by atoms with van der Waals surface area (Å²) in [5, 5.41) is 0. The van der Waals surface area contributed by atoms with Crippen molar-refractivity contribution in [2.45, 2.75) is 6.92 Å². The van der Waals surface area contributed by atoms with E-state index in [-0.39, 0.29) is 0 Å². The van der Waals surface area contributed by atoms with Crippen LogP contribution in [-0.2, 0) is 0 Å². The molecule has 1 aromatic heterocycles. The summed E-state index contributed by atoms with van der Waals surface area (Å²) in [5.41, 5.74) is 7.39. The third-order valence-corrected chi connectivity index (χ3v) is 1.99. The number of nitrogen functional groups attached to an aromatic ring is 1.